The number of hydrogen-bond acceptors (Lipinski definition) is 3. The standard InChI is InChI=1S/C24H24N2O2/c1-17-11-12-23(18(2)15-17)28-14-13-26-22-10-5-4-9-21(22)25-24(26)19-7-6-8-20(16-19)27-3/h4-12,15-16H,13-14H2,1-3H3. The number of fused-ring (bicyclic) bond motifs is 1. The van der Waals surface area contributed by atoms with E-state index in [-0.39, 0.29) is 0 Å². The van der Waals surface area contributed by atoms with Gasteiger partial charge in [0.15, 0.2) is 0 Å². The summed E-state index contributed by atoms with van der Waals surface area (Å²) >= 11 is 0. The Morgan fingerprint density at radius 1 is 0.929 bits per heavy atom. The molecule has 3 aromatic carbocycles. The van der Waals surface area contributed by atoms with Crippen molar-refractivity contribution in [3.05, 3.63) is 77.9 Å². The lowest BCUT2D eigenvalue weighted by atomic mass is 10.1. The van der Waals surface area contributed by atoms with Crippen LogP contribution in [0.3, 0.4) is 0 Å². The van der Waals surface area contributed by atoms with Crippen molar-refractivity contribution in [2.75, 3.05) is 13.7 Å². The molecule has 0 bridgehead atoms. The third-order valence-corrected chi connectivity index (χ3v) is 4.89. The largest absolute Gasteiger partial charge is 0.497 e. The van der Waals surface area contributed by atoms with Crippen molar-refractivity contribution in [3.63, 3.8) is 0 Å². The number of ether oxygens (including phenoxy) is 2. The van der Waals surface area contributed by atoms with Crippen LogP contribution in [-0.2, 0) is 6.54 Å². The molecule has 0 aliphatic carbocycles. The van der Waals surface area contributed by atoms with Crippen LogP contribution in [0.5, 0.6) is 11.5 Å². The van der Waals surface area contributed by atoms with Crippen LogP contribution in [0.25, 0.3) is 22.4 Å². The summed E-state index contributed by atoms with van der Waals surface area (Å²) in [6, 6.07) is 22.5. The molecule has 0 N–H and O–H groups in total. The minimum Gasteiger partial charge on any atom is -0.497 e. The molecule has 28 heavy (non-hydrogen) atoms. The van der Waals surface area contributed by atoms with Gasteiger partial charge in [-0.1, -0.05) is 42.0 Å². The van der Waals surface area contributed by atoms with E-state index in [1.165, 1.54) is 5.56 Å². The highest BCUT2D eigenvalue weighted by molar-refractivity contribution is 5.80. The second-order valence-corrected chi connectivity index (χ2v) is 6.93. The predicted octanol–water partition coefficient (Wildman–Crippen LogP) is 5.41. The van der Waals surface area contributed by atoms with E-state index in [1.54, 1.807) is 7.11 Å². The van der Waals surface area contributed by atoms with Crippen LogP contribution >= 0.6 is 0 Å². The molecule has 1 aromatic heterocycles. The van der Waals surface area contributed by atoms with E-state index in [1.807, 2.05) is 42.5 Å². The van der Waals surface area contributed by atoms with Crippen molar-refractivity contribution in [3.8, 4) is 22.9 Å². The number of aryl methyl sites for hydroxylation is 2. The first kappa shape index (κ1) is 18.1. The van der Waals surface area contributed by atoms with Crippen LogP contribution in [0, 0.1) is 13.8 Å². The molecule has 0 fully saturated rings. The zero-order valence-electron chi connectivity index (χ0n) is 16.5. The van der Waals surface area contributed by atoms with Crippen molar-refractivity contribution >= 4 is 11.0 Å². The van der Waals surface area contributed by atoms with Gasteiger partial charge >= 0.3 is 0 Å². The average molecular weight is 372 g/mol. The predicted molar refractivity (Wildman–Crippen MR) is 113 cm³/mol. The Balaban J connectivity index is 1.65. The molecule has 0 saturated heterocycles. The fourth-order valence-corrected chi connectivity index (χ4v) is 3.49. The molecule has 0 aliphatic rings. The van der Waals surface area contributed by atoms with Crippen molar-refractivity contribution in [1.82, 2.24) is 9.55 Å². The zero-order valence-corrected chi connectivity index (χ0v) is 16.5. The SMILES string of the molecule is COc1cccc(-c2nc3ccccc3n2CCOc2ccc(C)cc2C)c1. The Hall–Kier alpha value is -3.27. The monoisotopic (exact) mass is 372 g/mol. The Morgan fingerprint density at radius 2 is 1.79 bits per heavy atom. The van der Waals surface area contributed by atoms with Crippen LogP contribution in [0.15, 0.2) is 66.7 Å². The summed E-state index contributed by atoms with van der Waals surface area (Å²) < 4.78 is 13.7. The smallest absolute Gasteiger partial charge is 0.141 e. The van der Waals surface area contributed by atoms with Gasteiger partial charge in [0.05, 0.1) is 24.7 Å². The van der Waals surface area contributed by atoms with Crippen molar-refractivity contribution in [2.24, 2.45) is 0 Å². The van der Waals surface area contributed by atoms with Crippen molar-refractivity contribution in [1.29, 1.82) is 0 Å². The molecule has 142 valence electrons. The summed E-state index contributed by atoms with van der Waals surface area (Å²) in [7, 11) is 1.68. The van der Waals surface area contributed by atoms with E-state index in [4.69, 9.17) is 14.5 Å². The molecule has 4 aromatic rings. The normalized spacial score (nSPS) is 11.0. The summed E-state index contributed by atoms with van der Waals surface area (Å²) in [5, 5.41) is 0. The first-order valence-electron chi connectivity index (χ1n) is 9.45. The van der Waals surface area contributed by atoms with Gasteiger partial charge in [0.1, 0.15) is 23.9 Å². The maximum absolute atomic E-state index is 6.08. The highest BCUT2D eigenvalue weighted by Crippen LogP contribution is 2.27. The zero-order chi connectivity index (χ0) is 19.5. The van der Waals surface area contributed by atoms with Gasteiger partial charge in [0, 0.05) is 5.56 Å². The van der Waals surface area contributed by atoms with E-state index >= 15 is 0 Å². The lowest BCUT2D eigenvalue weighted by Gasteiger charge is -2.13. The van der Waals surface area contributed by atoms with Gasteiger partial charge in [-0.3, -0.25) is 0 Å². The number of hydrogen-bond donors (Lipinski definition) is 0. The first-order chi connectivity index (χ1) is 13.7. The van der Waals surface area contributed by atoms with E-state index in [0.29, 0.717) is 13.2 Å². The number of rotatable bonds is 6. The minimum absolute atomic E-state index is 0.571. The highest BCUT2D eigenvalue weighted by Gasteiger charge is 2.13. The summed E-state index contributed by atoms with van der Waals surface area (Å²) in [5.41, 5.74) is 5.51. The first-order valence-corrected chi connectivity index (χ1v) is 9.45. The van der Waals surface area contributed by atoms with Gasteiger partial charge in [-0.25, -0.2) is 4.98 Å². The van der Waals surface area contributed by atoms with Gasteiger partial charge in [-0.2, -0.15) is 0 Å². The highest BCUT2D eigenvalue weighted by atomic mass is 16.5. The van der Waals surface area contributed by atoms with Crippen molar-refractivity contribution < 1.29 is 9.47 Å². The topological polar surface area (TPSA) is 36.3 Å². The van der Waals surface area contributed by atoms with Crippen LogP contribution in [0.1, 0.15) is 11.1 Å². The molecular weight excluding hydrogens is 348 g/mol. The summed E-state index contributed by atoms with van der Waals surface area (Å²) in [6.45, 7) is 5.45. The van der Waals surface area contributed by atoms with Gasteiger partial charge in [-0.05, 0) is 49.7 Å². The molecule has 0 amide bonds. The molecule has 0 radical (unpaired) electrons. The number of imidazole rings is 1. The molecule has 0 atom stereocenters. The molecule has 0 spiro atoms. The molecular formula is C24H24N2O2. The third-order valence-electron chi connectivity index (χ3n) is 4.89. The summed E-state index contributed by atoms with van der Waals surface area (Å²) in [5.74, 6) is 2.67. The van der Waals surface area contributed by atoms with E-state index in [2.05, 4.69) is 42.7 Å². The van der Waals surface area contributed by atoms with Gasteiger partial charge in [0.25, 0.3) is 0 Å². The van der Waals surface area contributed by atoms with Crippen molar-refractivity contribution in [2.45, 2.75) is 20.4 Å². The van der Waals surface area contributed by atoms with Crippen LogP contribution in [0.2, 0.25) is 0 Å². The third kappa shape index (κ3) is 3.58. The number of aromatic nitrogens is 2. The van der Waals surface area contributed by atoms with Crippen LogP contribution in [-0.4, -0.2) is 23.3 Å². The van der Waals surface area contributed by atoms with Crippen LogP contribution < -0.4 is 9.47 Å². The number of nitrogens with zero attached hydrogens (tertiary/aromatic N) is 2. The number of para-hydroxylation sites is 2. The van der Waals surface area contributed by atoms with Gasteiger partial charge in [-0.15, -0.1) is 0 Å². The lowest BCUT2D eigenvalue weighted by Crippen LogP contribution is -2.10. The summed E-state index contributed by atoms with van der Waals surface area (Å²) in [4.78, 5) is 4.86. The molecule has 0 aliphatic heterocycles. The van der Waals surface area contributed by atoms with E-state index < -0.39 is 0 Å². The van der Waals surface area contributed by atoms with Gasteiger partial charge < -0.3 is 14.0 Å². The molecule has 1 heterocycles. The van der Waals surface area contributed by atoms with E-state index in [9.17, 15) is 0 Å². The Morgan fingerprint density at radius 3 is 2.61 bits per heavy atom. The van der Waals surface area contributed by atoms with E-state index in [0.717, 1.165) is 39.5 Å². The second-order valence-electron chi connectivity index (χ2n) is 6.93. The number of benzene rings is 3. The molecule has 4 heteroatoms. The maximum Gasteiger partial charge on any atom is 0.141 e. The fraction of sp³-hybridized carbons (Fsp3) is 0.208. The Kier molecular flexibility index (Phi) is 5.02. The Bertz CT molecular complexity index is 1110. The molecule has 0 unspecified atom stereocenters. The Labute approximate surface area is 165 Å². The second kappa shape index (κ2) is 7.77. The number of methoxy groups -OCH3 is 1. The minimum atomic E-state index is 0.571. The van der Waals surface area contributed by atoms with Gasteiger partial charge in [0.2, 0.25) is 0 Å². The fourth-order valence-electron chi connectivity index (χ4n) is 3.49. The molecule has 4 nitrogen and oxygen atoms in total. The quantitative estimate of drug-likeness (QED) is 0.454. The summed E-state index contributed by atoms with van der Waals surface area (Å²) in [6.07, 6.45) is 0. The van der Waals surface area contributed by atoms with Crippen LogP contribution in [0.4, 0.5) is 0 Å². The maximum atomic E-state index is 6.08. The lowest BCUT2D eigenvalue weighted by molar-refractivity contribution is 0.299. The average Bonchev–Trinajstić information content (AvgIpc) is 3.08. The molecule has 4 rings (SSSR count). The molecule has 0 saturated carbocycles.